The van der Waals surface area contributed by atoms with Crippen LogP contribution in [0.4, 0.5) is 5.69 Å². The Morgan fingerprint density at radius 1 is 1.48 bits per heavy atom. The van der Waals surface area contributed by atoms with E-state index in [4.69, 9.17) is 0 Å². The quantitative estimate of drug-likeness (QED) is 0.838. The van der Waals surface area contributed by atoms with Crippen LogP contribution in [-0.4, -0.2) is 29.4 Å². The summed E-state index contributed by atoms with van der Waals surface area (Å²) in [6.07, 6.45) is 2.76. The highest BCUT2D eigenvalue weighted by Gasteiger charge is 2.14. The number of hydrogen-bond donors (Lipinski definition) is 1. The van der Waals surface area contributed by atoms with Gasteiger partial charge in [-0.2, -0.15) is 0 Å². The summed E-state index contributed by atoms with van der Waals surface area (Å²) in [7, 11) is 1.79. The van der Waals surface area contributed by atoms with Gasteiger partial charge in [0.15, 0.2) is 0 Å². The standard InChI is InChI=1S/C15H18BrN3OS/c1-3-6-17-12-4-5-13(18-8-12)15(20)19(2)9-11-7-14(16)21-10-11/h4-5,7-8,10,17H,3,6,9H2,1-2H3. The Morgan fingerprint density at radius 3 is 2.86 bits per heavy atom. The van der Waals surface area contributed by atoms with Gasteiger partial charge < -0.3 is 10.2 Å². The van der Waals surface area contributed by atoms with Crippen LogP contribution in [-0.2, 0) is 6.54 Å². The van der Waals surface area contributed by atoms with E-state index in [9.17, 15) is 4.79 Å². The molecule has 112 valence electrons. The van der Waals surface area contributed by atoms with Gasteiger partial charge in [-0.3, -0.25) is 4.79 Å². The first-order valence-corrected chi connectivity index (χ1v) is 8.45. The van der Waals surface area contributed by atoms with Crippen LogP contribution in [0.1, 0.15) is 29.4 Å². The van der Waals surface area contributed by atoms with Gasteiger partial charge in [0.25, 0.3) is 5.91 Å². The molecule has 4 nitrogen and oxygen atoms in total. The summed E-state index contributed by atoms with van der Waals surface area (Å²) >= 11 is 5.05. The topological polar surface area (TPSA) is 45.2 Å². The molecular formula is C15H18BrN3OS. The van der Waals surface area contributed by atoms with E-state index in [-0.39, 0.29) is 5.91 Å². The maximum Gasteiger partial charge on any atom is 0.272 e. The Bertz CT molecular complexity index is 597. The molecule has 2 aromatic heterocycles. The van der Waals surface area contributed by atoms with Crippen LogP contribution in [0.3, 0.4) is 0 Å². The van der Waals surface area contributed by atoms with Crippen molar-refractivity contribution in [2.45, 2.75) is 19.9 Å². The van der Waals surface area contributed by atoms with Crippen molar-refractivity contribution in [2.75, 3.05) is 18.9 Å². The van der Waals surface area contributed by atoms with E-state index >= 15 is 0 Å². The molecule has 2 rings (SSSR count). The van der Waals surface area contributed by atoms with Gasteiger partial charge in [0.2, 0.25) is 0 Å². The molecular weight excluding hydrogens is 350 g/mol. The van der Waals surface area contributed by atoms with Crippen LogP contribution in [0.15, 0.2) is 33.6 Å². The van der Waals surface area contributed by atoms with Gasteiger partial charge in [0.05, 0.1) is 15.7 Å². The lowest BCUT2D eigenvalue weighted by Crippen LogP contribution is -2.26. The zero-order valence-corrected chi connectivity index (χ0v) is 14.5. The predicted octanol–water partition coefficient (Wildman–Crippen LogP) is 4.00. The summed E-state index contributed by atoms with van der Waals surface area (Å²) in [6.45, 7) is 3.59. The monoisotopic (exact) mass is 367 g/mol. The normalized spacial score (nSPS) is 10.4. The van der Waals surface area contributed by atoms with E-state index < -0.39 is 0 Å². The summed E-state index contributed by atoms with van der Waals surface area (Å²) in [5, 5.41) is 5.28. The maximum atomic E-state index is 12.3. The molecule has 1 amide bonds. The summed E-state index contributed by atoms with van der Waals surface area (Å²) in [4.78, 5) is 18.2. The lowest BCUT2D eigenvalue weighted by atomic mass is 10.2. The number of carbonyl (C=O) groups excluding carboxylic acids is 1. The molecule has 1 N–H and O–H groups in total. The number of halogens is 1. The highest BCUT2D eigenvalue weighted by atomic mass is 79.9. The van der Waals surface area contributed by atoms with Crippen molar-refractivity contribution in [3.8, 4) is 0 Å². The lowest BCUT2D eigenvalue weighted by Gasteiger charge is -2.16. The molecule has 0 saturated carbocycles. The average Bonchev–Trinajstić information content (AvgIpc) is 2.90. The number of thiophene rings is 1. The molecule has 0 fully saturated rings. The molecule has 2 heterocycles. The Kier molecular flexibility index (Phi) is 5.76. The number of nitrogens with zero attached hydrogens (tertiary/aromatic N) is 2. The van der Waals surface area contributed by atoms with E-state index in [2.05, 4.69) is 33.2 Å². The maximum absolute atomic E-state index is 12.3. The van der Waals surface area contributed by atoms with Crippen molar-refractivity contribution in [1.82, 2.24) is 9.88 Å². The number of hydrogen-bond acceptors (Lipinski definition) is 4. The largest absolute Gasteiger partial charge is 0.384 e. The minimum absolute atomic E-state index is 0.0700. The first-order valence-electron chi connectivity index (χ1n) is 6.78. The van der Waals surface area contributed by atoms with Crippen LogP contribution in [0.25, 0.3) is 0 Å². The minimum Gasteiger partial charge on any atom is -0.384 e. The third kappa shape index (κ3) is 4.54. The van der Waals surface area contributed by atoms with Crippen molar-refractivity contribution in [1.29, 1.82) is 0 Å². The smallest absolute Gasteiger partial charge is 0.272 e. The highest BCUT2D eigenvalue weighted by Crippen LogP contribution is 2.21. The molecule has 0 bridgehead atoms. The summed E-state index contributed by atoms with van der Waals surface area (Å²) in [5.41, 5.74) is 2.52. The van der Waals surface area contributed by atoms with Crippen molar-refractivity contribution < 1.29 is 4.79 Å². The van der Waals surface area contributed by atoms with Crippen LogP contribution in [0.5, 0.6) is 0 Å². The number of carbonyl (C=O) groups is 1. The molecule has 0 aliphatic rings. The van der Waals surface area contributed by atoms with Crippen LogP contribution < -0.4 is 5.32 Å². The fourth-order valence-corrected chi connectivity index (χ4v) is 3.06. The summed E-state index contributed by atoms with van der Waals surface area (Å²) in [5.74, 6) is -0.0700. The van der Waals surface area contributed by atoms with Crippen LogP contribution >= 0.6 is 27.3 Å². The van der Waals surface area contributed by atoms with Gasteiger partial charge >= 0.3 is 0 Å². The molecule has 0 unspecified atom stereocenters. The summed E-state index contributed by atoms with van der Waals surface area (Å²) in [6, 6.07) is 5.69. The molecule has 0 aliphatic carbocycles. The first-order chi connectivity index (χ1) is 10.1. The van der Waals surface area contributed by atoms with E-state index in [1.165, 1.54) is 0 Å². The molecule has 0 spiro atoms. The number of amides is 1. The number of pyridine rings is 1. The van der Waals surface area contributed by atoms with Crippen molar-refractivity contribution >= 4 is 38.9 Å². The Labute approximate surface area is 137 Å². The SMILES string of the molecule is CCCNc1ccc(C(=O)N(C)Cc2csc(Br)c2)nc1. The Balaban J connectivity index is 1.98. The number of aromatic nitrogens is 1. The highest BCUT2D eigenvalue weighted by molar-refractivity contribution is 9.11. The fraction of sp³-hybridized carbons (Fsp3) is 0.333. The third-order valence-corrected chi connectivity index (χ3v) is 4.50. The minimum atomic E-state index is -0.0700. The molecule has 21 heavy (non-hydrogen) atoms. The molecule has 0 aromatic carbocycles. The number of nitrogens with one attached hydrogen (secondary N) is 1. The van der Waals surface area contributed by atoms with Crippen LogP contribution in [0, 0.1) is 0 Å². The van der Waals surface area contributed by atoms with Gasteiger partial charge in [-0.05, 0) is 51.5 Å². The Morgan fingerprint density at radius 2 is 2.29 bits per heavy atom. The van der Waals surface area contributed by atoms with Crippen molar-refractivity contribution in [2.24, 2.45) is 0 Å². The third-order valence-electron chi connectivity index (χ3n) is 2.95. The lowest BCUT2D eigenvalue weighted by molar-refractivity contribution is 0.0779. The van der Waals surface area contributed by atoms with E-state index in [0.29, 0.717) is 12.2 Å². The average molecular weight is 368 g/mol. The van der Waals surface area contributed by atoms with Crippen molar-refractivity contribution in [3.05, 3.63) is 44.8 Å². The molecule has 2 aromatic rings. The zero-order chi connectivity index (χ0) is 15.2. The molecule has 0 atom stereocenters. The Hall–Kier alpha value is -1.40. The van der Waals surface area contributed by atoms with Crippen molar-refractivity contribution in [3.63, 3.8) is 0 Å². The molecule has 0 saturated heterocycles. The second-order valence-corrected chi connectivity index (χ2v) is 7.07. The first kappa shape index (κ1) is 16.0. The van der Waals surface area contributed by atoms with E-state index in [1.54, 1.807) is 35.5 Å². The van der Waals surface area contributed by atoms with E-state index in [1.807, 2.05) is 17.5 Å². The summed E-state index contributed by atoms with van der Waals surface area (Å²) < 4.78 is 1.07. The number of rotatable bonds is 6. The molecule has 0 aliphatic heterocycles. The van der Waals surface area contributed by atoms with Gasteiger partial charge in [0.1, 0.15) is 5.69 Å². The van der Waals surface area contributed by atoms with Gasteiger partial charge in [-0.25, -0.2) is 4.98 Å². The fourth-order valence-electron chi connectivity index (χ4n) is 1.86. The molecule has 6 heteroatoms. The second kappa shape index (κ2) is 7.56. The zero-order valence-electron chi connectivity index (χ0n) is 12.1. The van der Waals surface area contributed by atoms with Crippen LogP contribution in [0.2, 0.25) is 0 Å². The van der Waals surface area contributed by atoms with E-state index in [0.717, 1.165) is 28.0 Å². The van der Waals surface area contributed by atoms with Gasteiger partial charge in [-0.1, -0.05) is 6.92 Å². The van der Waals surface area contributed by atoms with Gasteiger partial charge in [-0.15, -0.1) is 11.3 Å². The predicted molar refractivity (Wildman–Crippen MR) is 90.8 cm³/mol. The second-order valence-electron chi connectivity index (χ2n) is 4.78. The molecule has 0 radical (unpaired) electrons. The number of anilines is 1. The van der Waals surface area contributed by atoms with Gasteiger partial charge in [0, 0.05) is 20.1 Å².